The Labute approximate surface area is 230 Å². The zero-order valence-corrected chi connectivity index (χ0v) is 22.1. The third-order valence-corrected chi connectivity index (χ3v) is 7.96. The van der Waals surface area contributed by atoms with Crippen LogP contribution in [-0.2, 0) is 0 Å². The molecule has 0 spiro atoms. The van der Waals surface area contributed by atoms with E-state index in [4.69, 9.17) is 0 Å². The summed E-state index contributed by atoms with van der Waals surface area (Å²) in [6, 6.07) is 21.7. The van der Waals surface area contributed by atoms with Gasteiger partial charge in [-0.15, -0.1) is 0 Å². The molecule has 8 rings (SSSR count). The molecule has 6 aromatic heterocycles. The number of nitrogens with zero attached hydrogens (tertiary/aromatic N) is 6. The van der Waals surface area contributed by atoms with E-state index in [0.717, 1.165) is 55.0 Å². The second-order valence-electron chi connectivity index (χ2n) is 10.2. The second-order valence-corrected chi connectivity index (χ2v) is 10.2. The molecule has 190 valence electrons. The first-order valence-corrected chi connectivity index (χ1v) is 13.3. The van der Waals surface area contributed by atoms with Gasteiger partial charge in [0.05, 0.1) is 22.1 Å². The maximum Gasteiger partial charge on any atom is 0.0572 e. The largest absolute Gasteiger partial charge is 0.309 e. The van der Waals surface area contributed by atoms with Crippen LogP contribution in [0.2, 0.25) is 0 Å². The molecule has 40 heavy (non-hydrogen) atoms. The normalized spacial score (nSPS) is 11.8. The number of hydrogen-bond acceptors (Lipinski definition) is 4. The molecule has 6 heteroatoms. The lowest BCUT2D eigenvalue weighted by Gasteiger charge is -2.15. The summed E-state index contributed by atoms with van der Waals surface area (Å²) in [4.78, 5) is 17.4. The minimum atomic E-state index is 1.11. The fourth-order valence-electron chi connectivity index (χ4n) is 6.15. The molecule has 0 atom stereocenters. The third-order valence-electron chi connectivity index (χ3n) is 7.96. The van der Waals surface area contributed by atoms with E-state index in [9.17, 15) is 0 Å². The Kier molecular flexibility index (Phi) is 4.85. The molecule has 6 heterocycles. The summed E-state index contributed by atoms with van der Waals surface area (Å²) in [5.41, 5.74) is 11.7. The predicted octanol–water partition coefficient (Wildman–Crippen LogP) is 7.74. The number of fused-ring (bicyclic) bond motifs is 6. The van der Waals surface area contributed by atoms with E-state index < -0.39 is 0 Å². The summed E-state index contributed by atoms with van der Waals surface area (Å²) in [6.07, 6.45) is 15.1. The highest BCUT2D eigenvalue weighted by molar-refractivity contribution is 6.09. The lowest BCUT2D eigenvalue weighted by Crippen LogP contribution is -1.98. The monoisotopic (exact) mass is 516 g/mol. The second kappa shape index (κ2) is 8.58. The van der Waals surface area contributed by atoms with Gasteiger partial charge in [0, 0.05) is 82.5 Å². The molecule has 0 fully saturated rings. The maximum absolute atomic E-state index is 4.36. The van der Waals surface area contributed by atoms with Crippen LogP contribution in [0.15, 0.2) is 110 Å². The first-order valence-electron chi connectivity index (χ1n) is 13.3. The fraction of sp³-hybridized carbons (Fsp3) is 0.0588. The van der Waals surface area contributed by atoms with E-state index in [-0.39, 0.29) is 0 Å². The predicted molar refractivity (Wildman–Crippen MR) is 161 cm³/mol. The summed E-state index contributed by atoms with van der Waals surface area (Å²) in [5.74, 6) is 0. The first-order chi connectivity index (χ1) is 19.7. The molecule has 6 nitrogen and oxygen atoms in total. The van der Waals surface area contributed by atoms with Gasteiger partial charge in [0.1, 0.15) is 0 Å². The molecule has 2 aromatic carbocycles. The highest BCUT2D eigenvalue weighted by atomic mass is 15.0. The maximum atomic E-state index is 4.36. The zero-order chi connectivity index (χ0) is 26.8. The molecule has 0 amide bonds. The van der Waals surface area contributed by atoms with Crippen LogP contribution < -0.4 is 0 Å². The van der Waals surface area contributed by atoms with Gasteiger partial charge in [-0.3, -0.25) is 19.9 Å². The highest BCUT2D eigenvalue weighted by Crippen LogP contribution is 2.36. The van der Waals surface area contributed by atoms with Crippen molar-refractivity contribution < 1.29 is 0 Å². The number of benzene rings is 2. The van der Waals surface area contributed by atoms with E-state index in [1.165, 1.54) is 22.3 Å². The van der Waals surface area contributed by atoms with Crippen LogP contribution >= 0.6 is 0 Å². The van der Waals surface area contributed by atoms with E-state index >= 15 is 0 Å². The van der Waals surface area contributed by atoms with Gasteiger partial charge < -0.3 is 9.13 Å². The van der Waals surface area contributed by atoms with E-state index in [0.29, 0.717) is 0 Å². The van der Waals surface area contributed by atoms with Crippen molar-refractivity contribution in [3.63, 3.8) is 0 Å². The molecule has 0 aliphatic heterocycles. The average molecular weight is 517 g/mol. The smallest absolute Gasteiger partial charge is 0.0572 e. The summed E-state index contributed by atoms with van der Waals surface area (Å²) >= 11 is 0. The molecule has 0 saturated heterocycles. The molecule has 0 radical (unpaired) electrons. The van der Waals surface area contributed by atoms with Crippen molar-refractivity contribution in [1.82, 2.24) is 29.1 Å². The van der Waals surface area contributed by atoms with Crippen molar-refractivity contribution in [3.05, 3.63) is 121 Å². The van der Waals surface area contributed by atoms with Crippen LogP contribution in [0.4, 0.5) is 0 Å². The molecule has 8 aromatic rings. The van der Waals surface area contributed by atoms with Crippen LogP contribution in [-0.4, -0.2) is 29.1 Å². The minimum absolute atomic E-state index is 1.11. The summed E-state index contributed by atoms with van der Waals surface area (Å²) in [7, 11) is 0. The lowest BCUT2D eigenvalue weighted by atomic mass is 9.95. The quantitative estimate of drug-likeness (QED) is 0.241. The molecule has 0 aliphatic rings. The topological polar surface area (TPSA) is 61.4 Å². The first kappa shape index (κ1) is 22.6. The van der Waals surface area contributed by atoms with E-state index in [2.05, 4.69) is 104 Å². The van der Waals surface area contributed by atoms with Crippen LogP contribution in [0, 0.1) is 13.8 Å². The van der Waals surface area contributed by atoms with Crippen LogP contribution in [0.3, 0.4) is 0 Å². The number of aromatic nitrogens is 6. The third kappa shape index (κ3) is 3.23. The summed E-state index contributed by atoms with van der Waals surface area (Å²) in [5, 5.41) is 4.43. The standard InChI is InChI=1S/C34H24N6/c1-21-15-23(39-31-7-11-35-17-27(31)28-18-36-12-8-32(28)39)3-5-25(21)26-6-4-24(16-22(26)2)40-33-9-13-37-19-29(33)30-20-38-14-10-34(30)40/h3-20H,1-2H3. The SMILES string of the molecule is Cc1cc(-n2c3ccncc3c3cnccc32)ccc1-c1ccc(-n2c3ccncc3c3cnccc32)cc1C. The average Bonchev–Trinajstić information content (AvgIpc) is 3.51. The molecule has 0 unspecified atom stereocenters. The fourth-order valence-corrected chi connectivity index (χ4v) is 6.15. The minimum Gasteiger partial charge on any atom is -0.309 e. The van der Waals surface area contributed by atoms with Gasteiger partial charge in [-0.05, 0) is 84.6 Å². The van der Waals surface area contributed by atoms with Gasteiger partial charge >= 0.3 is 0 Å². The van der Waals surface area contributed by atoms with Crippen LogP contribution in [0.1, 0.15) is 11.1 Å². The van der Waals surface area contributed by atoms with Gasteiger partial charge in [0.15, 0.2) is 0 Å². The van der Waals surface area contributed by atoms with Gasteiger partial charge in [-0.1, -0.05) is 12.1 Å². The summed E-state index contributed by atoms with van der Waals surface area (Å²) in [6.45, 7) is 4.38. The van der Waals surface area contributed by atoms with Crippen LogP contribution in [0.5, 0.6) is 0 Å². The van der Waals surface area contributed by atoms with Crippen molar-refractivity contribution in [1.29, 1.82) is 0 Å². The Hall–Kier alpha value is -5.36. The van der Waals surface area contributed by atoms with Crippen molar-refractivity contribution >= 4 is 43.6 Å². The van der Waals surface area contributed by atoms with Gasteiger partial charge in [0.25, 0.3) is 0 Å². The van der Waals surface area contributed by atoms with Crippen molar-refractivity contribution in [3.8, 4) is 22.5 Å². The number of rotatable bonds is 3. The Morgan fingerprint density at radius 1 is 0.425 bits per heavy atom. The Balaban J connectivity index is 1.25. The molecule has 0 N–H and O–H groups in total. The number of aryl methyl sites for hydroxylation is 2. The molecule has 0 aliphatic carbocycles. The Bertz CT molecular complexity index is 1990. The lowest BCUT2D eigenvalue weighted by molar-refractivity contribution is 1.16. The van der Waals surface area contributed by atoms with Crippen molar-refractivity contribution in [2.24, 2.45) is 0 Å². The van der Waals surface area contributed by atoms with Crippen LogP contribution in [0.25, 0.3) is 66.1 Å². The van der Waals surface area contributed by atoms with Gasteiger partial charge in [-0.2, -0.15) is 0 Å². The van der Waals surface area contributed by atoms with Crippen molar-refractivity contribution in [2.75, 3.05) is 0 Å². The molecule has 0 bridgehead atoms. The highest BCUT2D eigenvalue weighted by Gasteiger charge is 2.16. The molecular weight excluding hydrogens is 492 g/mol. The van der Waals surface area contributed by atoms with E-state index in [1.807, 2.05) is 49.6 Å². The Morgan fingerprint density at radius 3 is 1.05 bits per heavy atom. The zero-order valence-electron chi connectivity index (χ0n) is 22.1. The van der Waals surface area contributed by atoms with Gasteiger partial charge in [-0.25, -0.2) is 0 Å². The molecule has 0 saturated carbocycles. The number of hydrogen-bond donors (Lipinski definition) is 0. The molecular formula is C34H24N6. The van der Waals surface area contributed by atoms with Crippen molar-refractivity contribution in [2.45, 2.75) is 13.8 Å². The Morgan fingerprint density at radius 2 is 0.750 bits per heavy atom. The summed E-state index contributed by atoms with van der Waals surface area (Å²) < 4.78 is 4.60. The van der Waals surface area contributed by atoms with E-state index in [1.54, 1.807) is 0 Å². The van der Waals surface area contributed by atoms with Gasteiger partial charge in [0.2, 0.25) is 0 Å². The number of pyridine rings is 4.